The molecule has 0 aromatic heterocycles. The Balaban J connectivity index is 2.35. The van der Waals surface area contributed by atoms with Crippen LogP contribution in [0.3, 0.4) is 0 Å². The van der Waals surface area contributed by atoms with Gasteiger partial charge < -0.3 is 16.4 Å². The number of carbonyl (C=O) groups excluding carboxylic acids is 2. The van der Waals surface area contributed by atoms with Gasteiger partial charge in [-0.1, -0.05) is 18.2 Å². The van der Waals surface area contributed by atoms with E-state index >= 15 is 0 Å². The molecule has 0 fully saturated rings. The summed E-state index contributed by atoms with van der Waals surface area (Å²) in [6.45, 7) is 1.49. The Hall–Kier alpha value is -1.88. The molecule has 1 rings (SSSR count). The summed E-state index contributed by atoms with van der Waals surface area (Å²) >= 11 is 0. The van der Waals surface area contributed by atoms with Gasteiger partial charge in [-0.05, 0) is 19.1 Å². The van der Waals surface area contributed by atoms with Crippen LogP contribution in [0.15, 0.2) is 30.3 Å². The molecule has 16 heavy (non-hydrogen) atoms. The molecule has 0 aliphatic carbocycles. The van der Waals surface area contributed by atoms with Gasteiger partial charge in [0.2, 0.25) is 11.8 Å². The molecule has 0 radical (unpaired) electrons. The highest BCUT2D eigenvalue weighted by Crippen LogP contribution is 2.03. The van der Waals surface area contributed by atoms with Gasteiger partial charge in [-0.2, -0.15) is 0 Å². The zero-order chi connectivity index (χ0) is 12.0. The van der Waals surface area contributed by atoms with Crippen LogP contribution in [0.4, 0.5) is 5.69 Å². The fraction of sp³-hybridized carbons (Fsp3) is 0.273. The van der Waals surface area contributed by atoms with Crippen molar-refractivity contribution in [3.8, 4) is 0 Å². The van der Waals surface area contributed by atoms with E-state index in [1.807, 2.05) is 18.2 Å². The summed E-state index contributed by atoms with van der Waals surface area (Å²) in [7, 11) is 0. The summed E-state index contributed by atoms with van der Waals surface area (Å²) in [4.78, 5) is 22.5. The Morgan fingerprint density at radius 1 is 1.31 bits per heavy atom. The Bertz CT molecular complexity index is 363. The van der Waals surface area contributed by atoms with E-state index in [9.17, 15) is 9.59 Å². The number of hydrogen-bond donors (Lipinski definition) is 3. The molecule has 0 saturated carbocycles. The minimum absolute atomic E-state index is 0.0741. The van der Waals surface area contributed by atoms with Gasteiger partial charge in [0.1, 0.15) is 0 Å². The second kappa shape index (κ2) is 5.87. The smallest absolute Gasteiger partial charge is 0.243 e. The molecule has 5 heteroatoms. The highest BCUT2D eigenvalue weighted by Gasteiger charge is 2.08. The Morgan fingerprint density at radius 2 is 1.94 bits per heavy atom. The molecule has 1 aromatic carbocycles. The Labute approximate surface area is 94.0 Å². The van der Waals surface area contributed by atoms with E-state index in [-0.39, 0.29) is 18.4 Å². The highest BCUT2D eigenvalue weighted by atomic mass is 16.2. The van der Waals surface area contributed by atoms with Crippen molar-refractivity contribution in [2.24, 2.45) is 5.73 Å². The first-order chi connectivity index (χ1) is 7.59. The molecule has 0 bridgehead atoms. The van der Waals surface area contributed by atoms with Crippen LogP contribution in [0, 0.1) is 0 Å². The molecule has 86 valence electrons. The van der Waals surface area contributed by atoms with E-state index in [4.69, 9.17) is 5.73 Å². The Kier molecular flexibility index (Phi) is 4.47. The maximum atomic E-state index is 11.4. The van der Waals surface area contributed by atoms with Gasteiger partial charge in [0.25, 0.3) is 0 Å². The predicted octanol–water partition coefficient (Wildman–Crippen LogP) is 0.0885. The first-order valence-corrected chi connectivity index (χ1v) is 4.98. The van der Waals surface area contributed by atoms with Gasteiger partial charge in [0.05, 0.1) is 12.6 Å². The molecular weight excluding hydrogens is 206 g/mol. The van der Waals surface area contributed by atoms with Gasteiger partial charge in [0, 0.05) is 5.69 Å². The van der Waals surface area contributed by atoms with Crippen LogP contribution in [0.2, 0.25) is 0 Å². The van der Waals surface area contributed by atoms with Crippen molar-refractivity contribution in [3.63, 3.8) is 0 Å². The van der Waals surface area contributed by atoms with Crippen molar-refractivity contribution in [2.45, 2.75) is 13.0 Å². The van der Waals surface area contributed by atoms with Crippen LogP contribution in [0.5, 0.6) is 0 Å². The Morgan fingerprint density at radius 3 is 2.50 bits per heavy atom. The second-order valence-corrected chi connectivity index (χ2v) is 3.42. The van der Waals surface area contributed by atoms with E-state index in [0.717, 1.165) is 0 Å². The number of anilines is 1. The van der Waals surface area contributed by atoms with Crippen LogP contribution in [-0.4, -0.2) is 24.4 Å². The molecule has 0 heterocycles. The zero-order valence-corrected chi connectivity index (χ0v) is 9.07. The largest absolute Gasteiger partial charge is 0.346 e. The standard InChI is InChI=1S/C11H15N3O2/c1-8(12)11(16)13-7-10(15)14-9-5-3-2-4-6-9/h2-6,8H,7,12H2,1H3,(H,13,16)(H,14,15)/t8-/m0/s1. The summed E-state index contributed by atoms with van der Waals surface area (Å²) in [5, 5.41) is 5.07. The van der Waals surface area contributed by atoms with Gasteiger partial charge in [0.15, 0.2) is 0 Å². The topological polar surface area (TPSA) is 84.2 Å². The average Bonchev–Trinajstić information content (AvgIpc) is 2.27. The molecule has 0 unspecified atom stereocenters. The number of benzene rings is 1. The summed E-state index contributed by atoms with van der Waals surface area (Å²) in [6, 6.07) is 8.42. The van der Waals surface area contributed by atoms with E-state index in [0.29, 0.717) is 5.69 Å². The molecule has 0 aliphatic heterocycles. The number of nitrogens with one attached hydrogen (secondary N) is 2. The highest BCUT2D eigenvalue weighted by molar-refractivity contribution is 5.95. The normalized spacial score (nSPS) is 11.6. The molecule has 2 amide bonds. The van der Waals surface area contributed by atoms with Gasteiger partial charge in [-0.3, -0.25) is 9.59 Å². The maximum absolute atomic E-state index is 11.4. The lowest BCUT2D eigenvalue weighted by atomic mass is 10.3. The molecule has 0 spiro atoms. The number of hydrogen-bond acceptors (Lipinski definition) is 3. The average molecular weight is 221 g/mol. The number of nitrogens with two attached hydrogens (primary N) is 1. The van der Waals surface area contributed by atoms with Gasteiger partial charge in [-0.15, -0.1) is 0 Å². The summed E-state index contributed by atoms with van der Waals surface area (Å²) < 4.78 is 0. The number of carbonyl (C=O) groups is 2. The number of amides is 2. The van der Waals surface area contributed by atoms with Gasteiger partial charge in [-0.25, -0.2) is 0 Å². The molecule has 4 N–H and O–H groups in total. The van der Waals surface area contributed by atoms with Crippen molar-refractivity contribution < 1.29 is 9.59 Å². The van der Waals surface area contributed by atoms with Crippen molar-refractivity contribution >= 4 is 17.5 Å². The summed E-state index contributed by atoms with van der Waals surface area (Å²) in [5.74, 6) is -0.622. The monoisotopic (exact) mass is 221 g/mol. The maximum Gasteiger partial charge on any atom is 0.243 e. The van der Waals surface area contributed by atoms with E-state index in [1.165, 1.54) is 0 Å². The van der Waals surface area contributed by atoms with E-state index in [1.54, 1.807) is 19.1 Å². The van der Waals surface area contributed by atoms with Gasteiger partial charge >= 0.3 is 0 Å². The van der Waals surface area contributed by atoms with Crippen molar-refractivity contribution in [3.05, 3.63) is 30.3 Å². The van der Waals surface area contributed by atoms with Crippen LogP contribution in [-0.2, 0) is 9.59 Å². The zero-order valence-electron chi connectivity index (χ0n) is 9.07. The molecule has 5 nitrogen and oxygen atoms in total. The first kappa shape index (κ1) is 12.2. The lowest BCUT2D eigenvalue weighted by Gasteiger charge is -2.08. The van der Waals surface area contributed by atoms with Crippen molar-refractivity contribution in [1.29, 1.82) is 0 Å². The van der Waals surface area contributed by atoms with Crippen LogP contribution in [0.25, 0.3) is 0 Å². The number of rotatable bonds is 4. The SMILES string of the molecule is C[C@H](N)C(=O)NCC(=O)Nc1ccccc1. The molecule has 0 saturated heterocycles. The predicted molar refractivity (Wildman–Crippen MR) is 61.7 cm³/mol. The first-order valence-electron chi connectivity index (χ1n) is 4.98. The minimum Gasteiger partial charge on any atom is -0.346 e. The van der Waals surface area contributed by atoms with E-state index < -0.39 is 6.04 Å². The fourth-order valence-corrected chi connectivity index (χ4v) is 1.06. The third-order valence-corrected chi connectivity index (χ3v) is 1.89. The van der Waals surface area contributed by atoms with Crippen LogP contribution < -0.4 is 16.4 Å². The molecular formula is C11H15N3O2. The lowest BCUT2D eigenvalue weighted by molar-refractivity contribution is -0.124. The quantitative estimate of drug-likeness (QED) is 0.673. The fourth-order valence-electron chi connectivity index (χ4n) is 1.06. The van der Waals surface area contributed by atoms with Crippen molar-refractivity contribution in [1.82, 2.24) is 5.32 Å². The van der Waals surface area contributed by atoms with Crippen molar-refractivity contribution in [2.75, 3.05) is 11.9 Å². The van der Waals surface area contributed by atoms with Crippen LogP contribution >= 0.6 is 0 Å². The summed E-state index contributed by atoms with van der Waals surface area (Å²) in [5.41, 5.74) is 6.03. The van der Waals surface area contributed by atoms with Crippen LogP contribution in [0.1, 0.15) is 6.92 Å². The molecule has 1 aromatic rings. The summed E-state index contributed by atoms with van der Waals surface area (Å²) in [6.07, 6.45) is 0. The molecule has 0 aliphatic rings. The third-order valence-electron chi connectivity index (χ3n) is 1.89. The minimum atomic E-state index is -0.607. The molecule has 1 atom stereocenters. The van der Waals surface area contributed by atoms with E-state index in [2.05, 4.69) is 10.6 Å². The third kappa shape index (κ3) is 4.10. The number of para-hydroxylation sites is 1. The second-order valence-electron chi connectivity index (χ2n) is 3.42. The lowest BCUT2D eigenvalue weighted by Crippen LogP contribution is -2.41.